The second-order valence-corrected chi connectivity index (χ2v) is 5.85. The molecule has 0 aromatic heterocycles. The topological polar surface area (TPSA) is 96.9 Å². The maximum atomic E-state index is 12.4. The van der Waals surface area contributed by atoms with E-state index in [2.05, 4.69) is 5.32 Å². The van der Waals surface area contributed by atoms with Crippen molar-refractivity contribution in [1.29, 1.82) is 0 Å². The number of para-hydroxylation sites is 1. The molecule has 2 aromatic rings. The number of carbonyl (C=O) groups excluding carboxylic acids is 2. The van der Waals surface area contributed by atoms with Gasteiger partial charge in [-0.25, -0.2) is 0 Å². The summed E-state index contributed by atoms with van der Waals surface area (Å²) >= 11 is 0. The van der Waals surface area contributed by atoms with E-state index in [-0.39, 0.29) is 12.8 Å². The van der Waals surface area contributed by atoms with E-state index in [0.717, 1.165) is 0 Å². The van der Waals surface area contributed by atoms with Gasteiger partial charge in [0.2, 0.25) is 5.91 Å². The number of hydrogen-bond acceptors (Lipinski definition) is 6. The maximum Gasteiger partial charge on any atom is 0.225 e. The molecule has 1 N–H and O–H groups in total. The van der Waals surface area contributed by atoms with E-state index in [1.807, 2.05) is 0 Å². The van der Waals surface area contributed by atoms with Crippen LogP contribution in [0.4, 0.5) is 5.69 Å². The zero-order chi connectivity index (χ0) is 19.8. The van der Waals surface area contributed by atoms with Crippen LogP contribution in [0.25, 0.3) is 0 Å². The molecule has 0 aliphatic heterocycles. The number of carboxylic acid groups (broad SMARTS) is 1. The van der Waals surface area contributed by atoms with Gasteiger partial charge >= 0.3 is 0 Å². The van der Waals surface area contributed by atoms with Crippen LogP contribution in [0.1, 0.15) is 12.0 Å². The van der Waals surface area contributed by atoms with Crippen molar-refractivity contribution < 1.29 is 28.9 Å². The van der Waals surface area contributed by atoms with E-state index in [4.69, 9.17) is 14.2 Å². The molecule has 1 atom stereocenters. The third-order valence-electron chi connectivity index (χ3n) is 4.10. The average Bonchev–Trinajstić information content (AvgIpc) is 2.67. The number of nitrogens with one attached hydrogen (secondary N) is 1. The van der Waals surface area contributed by atoms with Crippen LogP contribution < -0.4 is 24.6 Å². The van der Waals surface area contributed by atoms with Gasteiger partial charge in [0.15, 0.2) is 0 Å². The number of aliphatic carboxylic acids is 1. The average molecular weight is 372 g/mol. The molecule has 0 saturated carbocycles. The Bertz CT molecular complexity index is 805. The number of carbonyl (C=O) groups is 2. The van der Waals surface area contributed by atoms with Gasteiger partial charge in [0.25, 0.3) is 0 Å². The lowest BCUT2D eigenvalue weighted by Crippen LogP contribution is -2.35. The lowest BCUT2D eigenvalue weighted by molar-refractivity contribution is -0.311. The minimum Gasteiger partial charge on any atom is -0.550 e. The first kappa shape index (κ1) is 20.1. The summed E-state index contributed by atoms with van der Waals surface area (Å²) in [5.74, 6) is -1.22. The van der Waals surface area contributed by atoms with E-state index < -0.39 is 17.8 Å². The molecule has 0 fully saturated rings. The Morgan fingerprint density at radius 1 is 1.00 bits per heavy atom. The summed E-state index contributed by atoms with van der Waals surface area (Å²) in [6.45, 7) is 0. The summed E-state index contributed by atoms with van der Waals surface area (Å²) in [5.41, 5.74) is 1.09. The Kier molecular flexibility index (Phi) is 7.05. The lowest BCUT2D eigenvalue weighted by atomic mass is 9.95. The Balaban J connectivity index is 2.13. The zero-order valence-corrected chi connectivity index (χ0v) is 15.5. The normalized spacial score (nSPS) is 11.4. The van der Waals surface area contributed by atoms with Crippen molar-refractivity contribution >= 4 is 17.6 Å². The third kappa shape index (κ3) is 5.37. The van der Waals surface area contributed by atoms with Crippen molar-refractivity contribution in [2.24, 2.45) is 5.92 Å². The van der Waals surface area contributed by atoms with Crippen LogP contribution in [0.5, 0.6) is 17.2 Å². The van der Waals surface area contributed by atoms with Gasteiger partial charge in [-0.3, -0.25) is 4.79 Å². The van der Waals surface area contributed by atoms with Crippen LogP contribution >= 0.6 is 0 Å². The molecule has 0 heterocycles. The van der Waals surface area contributed by atoms with Crippen molar-refractivity contribution in [3.63, 3.8) is 0 Å². The minimum absolute atomic E-state index is 0.120. The summed E-state index contributed by atoms with van der Waals surface area (Å²) < 4.78 is 15.6. The van der Waals surface area contributed by atoms with Gasteiger partial charge in [-0.2, -0.15) is 0 Å². The van der Waals surface area contributed by atoms with Crippen molar-refractivity contribution in [2.45, 2.75) is 12.8 Å². The highest BCUT2D eigenvalue weighted by Gasteiger charge is 2.19. The highest BCUT2D eigenvalue weighted by atomic mass is 16.5. The van der Waals surface area contributed by atoms with Crippen LogP contribution in [-0.4, -0.2) is 33.2 Å². The Morgan fingerprint density at radius 2 is 1.70 bits per heavy atom. The Morgan fingerprint density at radius 3 is 2.33 bits per heavy atom. The molecular formula is C20H22NO6-. The molecule has 0 aliphatic rings. The molecule has 0 bridgehead atoms. The first-order valence-corrected chi connectivity index (χ1v) is 8.33. The van der Waals surface area contributed by atoms with Gasteiger partial charge in [0, 0.05) is 24.4 Å². The van der Waals surface area contributed by atoms with Crippen molar-refractivity contribution in [3.05, 3.63) is 48.0 Å². The van der Waals surface area contributed by atoms with Gasteiger partial charge < -0.3 is 29.4 Å². The van der Waals surface area contributed by atoms with Crippen LogP contribution in [0, 0.1) is 5.92 Å². The number of hydrogen-bond donors (Lipinski definition) is 1. The molecule has 0 spiro atoms. The Hall–Kier alpha value is -3.22. The van der Waals surface area contributed by atoms with Crippen LogP contribution in [0.2, 0.25) is 0 Å². The summed E-state index contributed by atoms with van der Waals surface area (Å²) in [4.78, 5) is 23.9. The maximum absolute atomic E-state index is 12.4. The number of ether oxygens (including phenoxy) is 3. The second-order valence-electron chi connectivity index (χ2n) is 5.85. The summed E-state index contributed by atoms with van der Waals surface area (Å²) in [6.07, 6.45) is -0.129. The van der Waals surface area contributed by atoms with Crippen molar-refractivity contribution in [2.75, 3.05) is 26.6 Å². The number of methoxy groups -OCH3 is 3. The molecule has 0 saturated heterocycles. The fourth-order valence-corrected chi connectivity index (χ4v) is 2.71. The molecule has 0 unspecified atom stereocenters. The largest absolute Gasteiger partial charge is 0.550 e. The predicted molar refractivity (Wildman–Crippen MR) is 98.0 cm³/mol. The summed E-state index contributed by atoms with van der Waals surface area (Å²) in [5, 5.41) is 14.2. The first-order valence-electron chi connectivity index (χ1n) is 8.33. The molecule has 1 amide bonds. The van der Waals surface area contributed by atoms with Crippen LogP contribution in [0.3, 0.4) is 0 Å². The minimum atomic E-state index is -1.30. The van der Waals surface area contributed by atoms with E-state index >= 15 is 0 Å². The number of anilines is 1. The van der Waals surface area contributed by atoms with E-state index in [0.29, 0.717) is 28.5 Å². The fraction of sp³-hybridized carbons (Fsp3) is 0.300. The molecule has 0 aliphatic carbocycles. The summed E-state index contributed by atoms with van der Waals surface area (Å²) in [7, 11) is 4.49. The number of rotatable bonds is 9. The SMILES string of the molecule is COc1ccc(OC)c(NC(=O)C[C@@H](Cc2ccccc2OC)C(=O)[O-])c1. The van der Waals surface area contributed by atoms with Gasteiger partial charge in [-0.15, -0.1) is 0 Å². The third-order valence-corrected chi connectivity index (χ3v) is 4.10. The molecule has 0 radical (unpaired) electrons. The van der Waals surface area contributed by atoms with E-state index in [9.17, 15) is 14.7 Å². The molecule has 2 rings (SSSR count). The van der Waals surface area contributed by atoms with Gasteiger partial charge in [0.05, 0.1) is 27.0 Å². The summed E-state index contributed by atoms with van der Waals surface area (Å²) in [6, 6.07) is 12.0. The van der Waals surface area contributed by atoms with Gasteiger partial charge in [0.1, 0.15) is 17.2 Å². The quantitative estimate of drug-likeness (QED) is 0.719. The van der Waals surface area contributed by atoms with E-state index in [1.165, 1.54) is 21.3 Å². The molecule has 7 nitrogen and oxygen atoms in total. The second kappa shape index (κ2) is 9.47. The smallest absolute Gasteiger partial charge is 0.225 e. The lowest BCUT2D eigenvalue weighted by Gasteiger charge is -2.19. The number of benzene rings is 2. The molecular weight excluding hydrogens is 350 g/mol. The molecule has 7 heteroatoms. The number of carboxylic acids is 1. The monoisotopic (exact) mass is 372 g/mol. The first-order chi connectivity index (χ1) is 13.0. The van der Waals surface area contributed by atoms with Gasteiger partial charge in [-0.05, 0) is 30.2 Å². The molecule has 144 valence electrons. The highest BCUT2D eigenvalue weighted by Crippen LogP contribution is 2.29. The zero-order valence-electron chi connectivity index (χ0n) is 15.5. The highest BCUT2D eigenvalue weighted by molar-refractivity contribution is 5.94. The van der Waals surface area contributed by atoms with E-state index in [1.54, 1.807) is 42.5 Å². The fourth-order valence-electron chi connectivity index (χ4n) is 2.71. The van der Waals surface area contributed by atoms with Crippen molar-refractivity contribution in [1.82, 2.24) is 0 Å². The predicted octanol–water partition coefficient (Wildman–Crippen LogP) is 1.65. The molecule has 2 aromatic carbocycles. The Labute approximate surface area is 157 Å². The van der Waals surface area contributed by atoms with Crippen molar-refractivity contribution in [3.8, 4) is 17.2 Å². The number of amides is 1. The van der Waals surface area contributed by atoms with Gasteiger partial charge in [-0.1, -0.05) is 18.2 Å². The standard InChI is InChI=1S/C20H23NO6/c1-25-15-8-9-18(27-3)16(12-15)21-19(22)11-14(20(23)24)10-13-6-4-5-7-17(13)26-2/h4-9,12,14H,10-11H2,1-3H3,(H,21,22)(H,23,24)/p-1/t14-/m1/s1. The molecule has 27 heavy (non-hydrogen) atoms. The van der Waals surface area contributed by atoms with Crippen LogP contribution in [0.15, 0.2) is 42.5 Å². The van der Waals surface area contributed by atoms with Crippen LogP contribution in [-0.2, 0) is 16.0 Å².